The molecule has 0 aromatic heterocycles. The lowest BCUT2D eigenvalue weighted by molar-refractivity contribution is 0.0676. The van der Waals surface area contributed by atoms with E-state index in [1.807, 2.05) is 19.9 Å². The van der Waals surface area contributed by atoms with Crippen LogP contribution in [0.15, 0.2) is 41.4 Å². The Morgan fingerprint density at radius 2 is 2.06 bits per heavy atom. The van der Waals surface area contributed by atoms with Gasteiger partial charge in [-0.15, -0.1) is 24.0 Å². The molecule has 0 spiro atoms. The van der Waals surface area contributed by atoms with Gasteiger partial charge in [-0.05, 0) is 56.0 Å². The van der Waals surface area contributed by atoms with E-state index in [1.54, 1.807) is 12.1 Å². The SMILES string of the molecule is CCNC(=NCc1ccc(F)c(CO)c1)NCc1ccc(C)cc1OCC1CCCO1.I. The van der Waals surface area contributed by atoms with Gasteiger partial charge in [-0.3, -0.25) is 0 Å². The van der Waals surface area contributed by atoms with E-state index < -0.39 is 5.82 Å². The van der Waals surface area contributed by atoms with Crippen molar-refractivity contribution in [1.29, 1.82) is 0 Å². The van der Waals surface area contributed by atoms with Gasteiger partial charge in [0, 0.05) is 30.8 Å². The van der Waals surface area contributed by atoms with Gasteiger partial charge in [0.05, 0.1) is 19.3 Å². The van der Waals surface area contributed by atoms with Gasteiger partial charge in [-0.1, -0.05) is 18.2 Å². The van der Waals surface area contributed by atoms with Crippen LogP contribution in [-0.4, -0.2) is 36.9 Å². The molecule has 0 radical (unpaired) electrons. The molecule has 1 aliphatic rings. The number of aliphatic hydroxyl groups excluding tert-OH is 1. The Hall–Kier alpha value is -1.91. The number of hydrogen-bond acceptors (Lipinski definition) is 4. The van der Waals surface area contributed by atoms with Gasteiger partial charge in [0.15, 0.2) is 5.96 Å². The molecule has 0 aliphatic carbocycles. The predicted octanol–water partition coefficient (Wildman–Crippen LogP) is 4.06. The molecule has 8 heteroatoms. The van der Waals surface area contributed by atoms with Crippen molar-refractivity contribution in [3.8, 4) is 5.75 Å². The highest BCUT2D eigenvalue weighted by Gasteiger charge is 2.17. The average molecular weight is 557 g/mol. The first kappa shape index (κ1) is 26.3. The third-order valence-electron chi connectivity index (χ3n) is 5.16. The van der Waals surface area contributed by atoms with Gasteiger partial charge >= 0.3 is 0 Å². The van der Waals surface area contributed by atoms with E-state index in [0.717, 1.165) is 41.9 Å². The van der Waals surface area contributed by atoms with Crippen LogP contribution in [0.2, 0.25) is 0 Å². The zero-order valence-electron chi connectivity index (χ0n) is 18.7. The van der Waals surface area contributed by atoms with Crippen molar-refractivity contribution in [2.24, 2.45) is 4.99 Å². The first-order valence-corrected chi connectivity index (χ1v) is 10.8. The van der Waals surface area contributed by atoms with Crippen molar-refractivity contribution in [2.75, 3.05) is 19.8 Å². The third kappa shape index (κ3) is 7.90. The van der Waals surface area contributed by atoms with Crippen molar-refractivity contribution in [3.63, 3.8) is 0 Å². The van der Waals surface area contributed by atoms with Crippen LogP contribution in [0, 0.1) is 12.7 Å². The molecular formula is C24H33FIN3O3. The van der Waals surface area contributed by atoms with E-state index in [2.05, 4.69) is 27.8 Å². The number of aryl methyl sites for hydroxylation is 1. The number of aliphatic imine (C=N–C) groups is 1. The molecular weight excluding hydrogens is 524 g/mol. The number of ether oxygens (including phenoxy) is 2. The summed E-state index contributed by atoms with van der Waals surface area (Å²) in [6.07, 6.45) is 2.30. The minimum atomic E-state index is -0.407. The zero-order valence-corrected chi connectivity index (χ0v) is 21.0. The molecule has 1 fully saturated rings. The molecule has 1 aliphatic heterocycles. The number of nitrogens with one attached hydrogen (secondary N) is 2. The van der Waals surface area contributed by atoms with Crippen LogP contribution in [0.4, 0.5) is 4.39 Å². The molecule has 1 heterocycles. The number of hydrogen-bond donors (Lipinski definition) is 3. The lowest BCUT2D eigenvalue weighted by atomic mass is 10.1. The summed E-state index contributed by atoms with van der Waals surface area (Å²) < 4.78 is 25.3. The molecule has 2 aromatic rings. The van der Waals surface area contributed by atoms with Gasteiger partial charge in [-0.2, -0.15) is 0 Å². The highest BCUT2D eigenvalue weighted by Crippen LogP contribution is 2.22. The van der Waals surface area contributed by atoms with Crippen molar-refractivity contribution >= 4 is 29.9 Å². The summed E-state index contributed by atoms with van der Waals surface area (Å²) in [5, 5.41) is 15.8. The van der Waals surface area contributed by atoms with Crippen LogP contribution in [0.25, 0.3) is 0 Å². The minimum absolute atomic E-state index is 0. The first-order valence-electron chi connectivity index (χ1n) is 10.8. The smallest absolute Gasteiger partial charge is 0.191 e. The Labute approximate surface area is 206 Å². The number of guanidine groups is 1. The number of halogens is 2. The van der Waals surface area contributed by atoms with E-state index >= 15 is 0 Å². The summed E-state index contributed by atoms with van der Waals surface area (Å²) in [4.78, 5) is 4.59. The number of nitrogens with zero attached hydrogens (tertiary/aromatic N) is 1. The standard InChI is InChI=1S/C24H32FN3O3.HI/c1-3-26-24(27-13-18-7-9-22(25)20(12-18)15-29)28-14-19-8-6-17(2)11-23(19)31-16-21-5-4-10-30-21;/h6-9,11-12,21,29H,3-5,10,13-16H2,1-2H3,(H2,26,27,28);1H. The lowest BCUT2D eigenvalue weighted by Gasteiger charge is -2.17. The fraction of sp³-hybridized carbons (Fsp3) is 0.458. The number of rotatable bonds is 9. The van der Waals surface area contributed by atoms with E-state index in [9.17, 15) is 9.50 Å². The molecule has 1 unspecified atom stereocenters. The number of benzene rings is 2. The largest absolute Gasteiger partial charge is 0.491 e. The van der Waals surface area contributed by atoms with E-state index in [4.69, 9.17) is 9.47 Å². The van der Waals surface area contributed by atoms with Crippen molar-refractivity contribution in [3.05, 3.63) is 64.5 Å². The van der Waals surface area contributed by atoms with Gasteiger partial charge in [0.2, 0.25) is 0 Å². The van der Waals surface area contributed by atoms with E-state index in [0.29, 0.717) is 32.2 Å². The van der Waals surface area contributed by atoms with Crippen molar-refractivity contribution in [1.82, 2.24) is 10.6 Å². The van der Waals surface area contributed by atoms with Crippen LogP contribution in [0.5, 0.6) is 5.75 Å². The maximum absolute atomic E-state index is 13.6. The predicted molar refractivity (Wildman–Crippen MR) is 135 cm³/mol. The monoisotopic (exact) mass is 557 g/mol. The summed E-state index contributed by atoms with van der Waals surface area (Å²) in [5.41, 5.74) is 3.29. The molecule has 0 saturated carbocycles. The first-order chi connectivity index (χ1) is 15.1. The topological polar surface area (TPSA) is 75.1 Å². The van der Waals surface area contributed by atoms with Crippen LogP contribution >= 0.6 is 24.0 Å². The average Bonchev–Trinajstić information content (AvgIpc) is 3.29. The van der Waals surface area contributed by atoms with Crippen LogP contribution in [0.1, 0.15) is 42.0 Å². The van der Waals surface area contributed by atoms with Gasteiger partial charge in [0.1, 0.15) is 18.2 Å². The molecule has 6 nitrogen and oxygen atoms in total. The van der Waals surface area contributed by atoms with Gasteiger partial charge in [-0.25, -0.2) is 9.38 Å². The Morgan fingerprint density at radius 1 is 1.22 bits per heavy atom. The molecule has 176 valence electrons. The second-order valence-corrected chi connectivity index (χ2v) is 7.69. The Bertz CT molecular complexity index is 889. The van der Waals surface area contributed by atoms with Crippen LogP contribution in [0.3, 0.4) is 0 Å². The summed E-state index contributed by atoms with van der Waals surface area (Å²) in [6, 6.07) is 10.9. The maximum atomic E-state index is 13.6. The minimum Gasteiger partial charge on any atom is -0.491 e. The zero-order chi connectivity index (χ0) is 22.1. The van der Waals surface area contributed by atoms with E-state index in [-0.39, 0.29) is 42.3 Å². The highest BCUT2D eigenvalue weighted by atomic mass is 127. The third-order valence-corrected chi connectivity index (χ3v) is 5.16. The molecule has 3 N–H and O–H groups in total. The quantitative estimate of drug-likeness (QED) is 0.247. The van der Waals surface area contributed by atoms with Crippen molar-refractivity contribution < 1.29 is 19.0 Å². The molecule has 3 rings (SSSR count). The number of aliphatic hydroxyl groups is 1. The van der Waals surface area contributed by atoms with Crippen LogP contribution in [-0.2, 0) is 24.4 Å². The Kier molecular flexibility index (Phi) is 11.2. The normalized spacial score (nSPS) is 15.9. The van der Waals surface area contributed by atoms with Gasteiger partial charge < -0.3 is 25.2 Å². The van der Waals surface area contributed by atoms with Crippen molar-refractivity contribution in [2.45, 2.75) is 52.5 Å². The Morgan fingerprint density at radius 3 is 2.78 bits per heavy atom. The second-order valence-electron chi connectivity index (χ2n) is 7.69. The molecule has 0 bridgehead atoms. The molecule has 1 saturated heterocycles. The highest BCUT2D eigenvalue weighted by molar-refractivity contribution is 14.0. The fourth-order valence-electron chi connectivity index (χ4n) is 3.44. The van der Waals surface area contributed by atoms with Gasteiger partial charge in [0.25, 0.3) is 0 Å². The molecule has 0 amide bonds. The van der Waals surface area contributed by atoms with E-state index in [1.165, 1.54) is 6.07 Å². The second kappa shape index (κ2) is 13.6. The Balaban J connectivity index is 0.00000363. The summed E-state index contributed by atoms with van der Waals surface area (Å²) in [7, 11) is 0. The maximum Gasteiger partial charge on any atom is 0.191 e. The molecule has 32 heavy (non-hydrogen) atoms. The molecule has 1 atom stereocenters. The lowest BCUT2D eigenvalue weighted by Crippen LogP contribution is -2.37. The summed E-state index contributed by atoms with van der Waals surface area (Å²) in [6.45, 7) is 6.73. The summed E-state index contributed by atoms with van der Waals surface area (Å²) >= 11 is 0. The van der Waals surface area contributed by atoms with Crippen LogP contribution < -0.4 is 15.4 Å². The molecule has 2 aromatic carbocycles. The summed E-state index contributed by atoms with van der Waals surface area (Å²) in [5.74, 6) is 1.10. The fourth-order valence-corrected chi connectivity index (χ4v) is 3.44.